The Hall–Kier alpha value is -0.300. The lowest BCUT2D eigenvalue weighted by atomic mass is 10.3. The van der Waals surface area contributed by atoms with Gasteiger partial charge in [-0.05, 0) is 13.0 Å². The predicted molar refractivity (Wildman–Crippen MR) is 64.7 cm³/mol. The van der Waals surface area contributed by atoms with Gasteiger partial charge in [0.15, 0.2) is 0 Å². The molecule has 0 aliphatic carbocycles. The molecule has 0 nitrogen and oxygen atoms in total. The smallest absolute Gasteiger partial charge is 0.0103 e. The summed E-state index contributed by atoms with van der Waals surface area (Å²) in [6.45, 7) is 17.2. The molecule has 0 saturated carbocycles. The molecular formula is C11H21Br. The molecular weight excluding hydrogens is 212 g/mol. The number of allylic oxidation sites excluding steroid dienone is 4. The van der Waals surface area contributed by atoms with Crippen LogP contribution in [0.25, 0.3) is 0 Å². The molecule has 0 aromatic rings. The van der Waals surface area contributed by atoms with Gasteiger partial charge < -0.3 is 0 Å². The van der Waals surface area contributed by atoms with E-state index in [1.165, 1.54) is 0 Å². The third-order valence-corrected chi connectivity index (χ3v) is 0.813. The van der Waals surface area contributed by atoms with Crippen LogP contribution in [-0.4, -0.2) is 0 Å². The molecule has 0 aromatic carbocycles. The summed E-state index contributed by atoms with van der Waals surface area (Å²) < 4.78 is 0.875. The molecule has 12 heavy (non-hydrogen) atoms. The Morgan fingerprint density at radius 1 is 1.00 bits per heavy atom. The van der Waals surface area contributed by atoms with Gasteiger partial charge in [0.2, 0.25) is 0 Å². The van der Waals surface area contributed by atoms with Crippen LogP contribution in [0, 0.1) is 0 Å². The van der Waals surface area contributed by atoms with Gasteiger partial charge in [-0.2, -0.15) is 0 Å². The highest BCUT2D eigenvalue weighted by Gasteiger charge is 1.74. The summed E-state index contributed by atoms with van der Waals surface area (Å²) in [5, 5.41) is 0. The first kappa shape index (κ1) is 17.7. The fourth-order valence-electron chi connectivity index (χ4n) is 0.233. The minimum absolute atomic E-state index is 0.875. The summed E-state index contributed by atoms with van der Waals surface area (Å²) in [5.74, 6) is 0. The topological polar surface area (TPSA) is 0 Å². The summed E-state index contributed by atoms with van der Waals surface area (Å²) in [7, 11) is 0. The van der Waals surface area contributed by atoms with Crippen molar-refractivity contribution in [2.75, 3.05) is 0 Å². The van der Waals surface area contributed by atoms with Crippen molar-refractivity contribution in [2.45, 2.75) is 34.6 Å². The molecule has 0 N–H and O–H groups in total. The Balaban J connectivity index is -0.000000175. The molecule has 0 aliphatic heterocycles. The standard InChI is InChI=1S/C7H9Br.2C2H6/c1-6(2)4-5-7(3)8;2*1-2/h4-5H,1,3H2,2H3;2*1-2H3/b5-4-;;. The monoisotopic (exact) mass is 232 g/mol. The van der Waals surface area contributed by atoms with Crippen molar-refractivity contribution in [2.24, 2.45) is 0 Å². The van der Waals surface area contributed by atoms with Crippen molar-refractivity contribution in [3.8, 4) is 0 Å². The van der Waals surface area contributed by atoms with E-state index in [1.54, 1.807) is 0 Å². The predicted octanol–water partition coefficient (Wildman–Crippen LogP) is 5.08. The summed E-state index contributed by atoms with van der Waals surface area (Å²) >= 11 is 3.18. The van der Waals surface area contributed by atoms with Gasteiger partial charge in [-0.1, -0.05) is 68.4 Å². The van der Waals surface area contributed by atoms with Gasteiger partial charge in [0.1, 0.15) is 0 Å². The number of hydrogen-bond donors (Lipinski definition) is 0. The highest BCUT2D eigenvalue weighted by molar-refractivity contribution is 9.11. The van der Waals surface area contributed by atoms with Crippen LogP contribution in [0.5, 0.6) is 0 Å². The first-order valence-corrected chi connectivity index (χ1v) is 5.10. The van der Waals surface area contributed by atoms with Crippen LogP contribution in [-0.2, 0) is 0 Å². The summed E-state index contributed by atoms with van der Waals surface area (Å²) in [6, 6.07) is 0. The summed E-state index contributed by atoms with van der Waals surface area (Å²) in [5.41, 5.74) is 1.03. The third kappa shape index (κ3) is 33.2. The molecule has 72 valence electrons. The van der Waals surface area contributed by atoms with Crippen LogP contribution in [0.4, 0.5) is 0 Å². The van der Waals surface area contributed by atoms with Gasteiger partial charge in [-0.3, -0.25) is 0 Å². The Morgan fingerprint density at radius 2 is 1.33 bits per heavy atom. The maximum Gasteiger partial charge on any atom is 0.0103 e. The fourth-order valence-corrected chi connectivity index (χ4v) is 0.365. The molecule has 0 aromatic heterocycles. The van der Waals surface area contributed by atoms with Crippen molar-refractivity contribution in [1.82, 2.24) is 0 Å². The van der Waals surface area contributed by atoms with Crippen LogP contribution >= 0.6 is 15.9 Å². The quantitative estimate of drug-likeness (QED) is 0.583. The number of halogens is 1. The van der Waals surface area contributed by atoms with Crippen LogP contribution in [0.15, 0.2) is 35.4 Å². The minimum atomic E-state index is 0.875. The van der Waals surface area contributed by atoms with Crippen LogP contribution in [0.2, 0.25) is 0 Å². The van der Waals surface area contributed by atoms with E-state index >= 15 is 0 Å². The third-order valence-electron chi connectivity index (χ3n) is 0.549. The zero-order valence-corrected chi connectivity index (χ0v) is 10.5. The highest BCUT2D eigenvalue weighted by atomic mass is 79.9. The van der Waals surface area contributed by atoms with E-state index in [4.69, 9.17) is 0 Å². The molecule has 0 spiro atoms. The molecule has 0 rings (SSSR count). The normalized spacial score (nSPS) is 7.50. The molecule has 0 fully saturated rings. The minimum Gasteiger partial charge on any atom is -0.0961 e. The second-order valence-corrected chi connectivity index (χ2v) is 2.65. The average molecular weight is 233 g/mol. The molecule has 0 radical (unpaired) electrons. The Bertz CT molecular complexity index is 116. The van der Waals surface area contributed by atoms with Gasteiger partial charge in [0.25, 0.3) is 0 Å². The second-order valence-electron chi connectivity index (χ2n) is 1.63. The molecule has 0 aliphatic rings. The molecule has 0 heterocycles. The van der Waals surface area contributed by atoms with Gasteiger partial charge >= 0.3 is 0 Å². The van der Waals surface area contributed by atoms with Gasteiger partial charge in [0.05, 0.1) is 0 Å². The number of hydrogen-bond acceptors (Lipinski definition) is 0. The van der Waals surface area contributed by atoms with E-state index in [1.807, 2.05) is 46.8 Å². The molecule has 0 unspecified atom stereocenters. The lowest BCUT2D eigenvalue weighted by Crippen LogP contribution is -1.59. The largest absolute Gasteiger partial charge is 0.0961 e. The Kier molecular flexibility index (Phi) is 25.0. The van der Waals surface area contributed by atoms with Crippen molar-refractivity contribution in [3.05, 3.63) is 35.4 Å². The van der Waals surface area contributed by atoms with E-state index in [0.29, 0.717) is 0 Å². The van der Waals surface area contributed by atoms with Gasteiger partial charge in [-0.25, -0.2) is 0 Å². The molecule has 0 amide bonds. The summed E-state index contributed by atoms with van der Waals surface area (Å²) in [4.78, 5) is 0. The number of rotatable bonds is 2. The zero-order chi connectivity index (χ0) is 10.6. The van der Waals surface area contributed by atoms with Crippen LogP contribution in [0.1, 0.15) is 34.6 Å². The van der Waals surface area contributed by atoms with E-state index < -0.39 is 0 Å². The van der Waals surface area contributed by atoms with E-state index in [2.05, 4.69) is 29.1 Å². The van der Waals surface area contributed by atoms with Crippen molar-refractivity contribution in [3.63, 3.8) is 0 Å². The average Bonchev–Trinajstić information content (AvgIpc) is 2.08. The molecule has 0 bridgehead atoms. The Morgan fingerprint density at radius 3 is 1.42 bits per heavy atom. The SMILES string of the molecule is C=C(C)/C=C\C(=C)Br.CC.CC. The van der Waals surface area contributed by atoms with Crippen LogP contribution in [0.3, 0.4) is 0 Å². The fraction of sp³-hybridized carbons (Fsp3) is 0.455. The first-order valence-electron chi connectivity index (χ1n) is 4.31. The van der Waals surface area contributed by atoms with E-state index in [-0.39, 0.29) is 0 Å². The lowest BCUT2D eigenvalue weighted by molar-refractivity contribution is 1.50. The van der Waals surface area contributed by atoms with Gasteiger partial charge in [0, 0.05) is 4.48 Å². The molecule has 0 saturated heterocycles. The van der Waals surface area contributed by atoms with Crippen LogP contribution < -0.4 is 0 Å². The van der Waals surface area contributed by atoms with Crippen molar-refractivity contribution in [1.29, 1.82) is 0 Å². The van der Waals surface area contributed by atoms with Crippen molar-refractivity contribution >= 4 is 15.9 Å². The maximum atomic E-state index is 3.68. The lowest BCUT2D eigenvalue weighted by Gasteiger charge is -1.82. The Labute approximate surface area is 86.2 Å². The van der Waals surface area contributed by atoms with E-state index in [0.717, 1.165) is 10.1 Å². The summed E-state index contributed by atoms with van der Waals surface area (Å²) in [6.07, 6.45) is 3.76. The zero-order valence-electron chi connectivity index (χ0n) is 8.95. The maximum absolute atomic E-state index is 3.68. The van der Waals surface area contributed by atoms with E-state index in [9.17, 15) is 0 Å². The first-order chi connectivity index (χ1) is 5.63. The second kappa shape index (κ2) is 17.0. The molecule has 0 atom stereocenters. The van der Waals surface area contributed by atoms with Crippen molar-refractivity contribution < 1.29 is 0 Å². The van der Waals surface area contributed by atoms with Gasteiger partial charge in [-0.15, -0.1) is 0 Å². The highest BCUT2D eigenvalue weighted by Crippen LogP contribution is 2.03. The molecule has 1 heteroatoms.